The third-order valence-corrected chi connectivity index (χ3v) is 5.04. The first-order chi connectivity index (χ1) is 12.6. The highest BCUT2D eigenvalue weighted by Gasteiger charge is 2.17. The predicted molar refractivity (Wildman–Crippen MR) is 105 cm³/mol. The van der Waals surface area contributed by atoms with E-state index in [9.17, 15) is 4.79 Å². The molecule has 0 bridgehead atoms. The van der Waals surface area contributed by atoms with E-state index >= 15 is 0 Å². The number of furan rings is 1. The van der Waals surface area contributed by atoms with Crippen LogP contribution in [-0.4, -0.2) is 0 Å². The Labute approximate surface area is 149 Å². The van der Waals surface area contributed by atoms with E-state index in [1.807, 2.05) is 25.1 Å². The molecule has 0 saturated carbocycles. The maximum Gasteiger partial charge on any atom is 0.344 e. The van der Waals surface area contributed by atoms with E-state index in [0.29, 0.717) is 11.0 Å². The van der Waals surface area contributed by atoms with Crippen molar-refractivity contribution in [2.45, 2.75) is 13.8 Å². The Morgan fingerprint density at radius 1 is 0.769 bits per heavy atom. The van der Waals surface area contributed by atoms with Crippen molar-refractivity contribution in [2.24, 2.45) is 0 Å². The van der Waals surface area contributed by atoms with Gasteiger partial charge in [-0.3, -0.25) is 0 Å². The van der Waals surface area contributed by atoms with Crippen LogP contribution in [0.1, 0.15) is 11.1 Å². The minimum absolute atomic E-state index is 0.319. The molecule has 0 N–H and O–H groups in total. The summed E-state index contributed by atoms with van der Waals surface area (Å²) < 4.78 is 11.5. The van der Waals surface area contributed by atoms with Gasteiger partial charge in [0.05, 0.1) is 11.6 Å². The van der Waals surface area contributed by atoms with Crippen molar-refractivity contribution in [2.75, 3.05) is 0 Å². The van der Waals surface area contributed by atoms with Gasteiger partial charge in [-0.25, -0.2) is 4.79 Å². The summed E-state index contributed by atoms with van der Waals surface area (Å²) in [6.07, 6.45) is 1.78. The molecule has 2 aromatic heterocycles. The molecule has 2 heterocycles. The Balaban J connectivity index is 1.94. The molecule has 0 aliphatic carbocycles. The van der Waals surface area contributed by atoms with E-state index < -0.39 is 0 Å². The van der Waals surface area contributed by atoms with Crippen LogP contribution in [0.5, 0.6) is 0 Å². The van der Waals surface area contributed by atoms with Crippen molar-refractivity contribution in [1.82, 2.24) is 0 Å². The zero-order valence-corrected chi connectivity index (χ0v) is 14.5. The van der Waals surface area contributed by atoms with Gasteiger partial charge in [0, 0.05) is 21.9 Å². The molecule has 0 spiro atoms. The molecule has 0 amide bonds. The molecule has 26 heavy (non-hydrogen) atoms. The summed E-state index contributed by atoms with van der Waals surface area (Å²) in [5, 5.41) is 3.46. The van der Waals surface area contributed by atoms with Crippen molar-refractivity contribution in [3.05, 3.63) is 82.4 Å². The smallest absolute Gasteiger partial charge is 0.344 e. The lowest BCUT2D eigenvalue weighted by Gasteiger charge is -2.06. The van der Waals surface area contributed by atoms with Gasteiger partial charge >= 0.3 is 5.63 Å². The van der Waals surface area contributed by atoms with Gasteiger partial charge in [0.15, 0.2) is 0 Å². The van der Waals surface area contributed by atoms with Gasteiger partial charge in [0.25, 0.3) is 0 Å². The third kappa shape index (κ3) is 2.04. The quantitative estimate of drug-likeness (QED) is 0.279. The molecule has 0 unspecified atom stereocenters. The Kier molecular flexibility index (Phi) is 3.07. The Bertz CT molecular complexity index is 1350. The minimum Gasteiger partial charge on any atom is -0.463 e. The highest BCUT2D eigenvalue weighted by molar-refractivity contribution is 6.12. The van der Waals surface area contributed by atoms with Crippen LogP contribution in [-0.2, 0) is 0 Å². The van der Waals surface area contributed by atoms with Crippen molar-refractivity contribution in [1.29, 1.82) is 0 Å². The standard InChI is InChI=1S/C23H16O3/c1-13-7-9-15(10-8-13)20-12-25-21-14(2)22-18(11-19(20)21)16-5-3-4-6-17(16)23(24)26-22/h3-12H,1-2H3. The van der Waals surface area contributed by atoms with Gasteiger partial charge in [0.2, 0.25) is 0 Å². The molecular formula is C23H16O3. The summed E-state index contributed by atoms with van der Waals surface area (Å²) in [6, 6.07) is 18.0. The first-order valence-corrected chi connectivity index (χ1v) is 8.57. The average Bonchev–Trinajstić information content (AvgIpc) is 3.08. The molecule has 0 radical (unpaired) electrons. The highest BCUT2D eigenvalue weighted by Crippen LogP contribution is 2.37. The summed E-state index contributed by atoms with van der Waals surface area (Å²) in [7, 11) is 0. The van der Waals surface area contributed by atoms with Crippen LogP contribution in [0.15, 0.2) is 74.5 Å². The van der Waals surface area contributed by atoms with Crippen LogP contribution in [0.25, 0.3) is 43.8 Å². The average molecular weight is 340 g/mol. The maximum atomic E-state index is 12.3. The van der Waals surface area contributed by atoms with E-state index in [0.717, 1.165) is 38.4 Å². The molecule has 0 aliphatic heterocycles. The number of hydrogen-bond acceptors (Lipinski definition) is 3. The van der Waals surface area contributed by atoms with E-state index in [-0.39, 0.29) is 5.63 Å². The number of hydrogen-bond donors (Lipinski definition) is 0. The topological polar surface area (TPSA) is 43.4 Å². The molecule has 0 saturated heterocycles. The van der Waals surface area contributed by atoms with E-state index in [4.69, 9.17) is 8.83 Å². The lowest BCUT2D eigenvalue weighted by atomic mass is 9.98. The summed E-state index contributed by atoms with van der Waals surface area (Å²) in [5.74, 6) is 0. The predicted octanol–water partition coefficient (Wildman–Crippen LogP) is 5.98. The monoisotopic (exact) mass is 340 g/mol. The molecule has 3 aromatic carbocycles. The molecule has 0 aliphatic rings. The maximum absolute atomic E-state index is 12.3. The van der Waals surface area contributed by atoms with Gasteiger partial charge in [-0.1, -0.05) is 48.0 Å². The Morgan fingerprint density at radius 3 is 2.27 bits per heavy atom. The first-order valence-electron chi connectivity index (χ1n) is 8.57. The third-order valence-electron chi connectivity index (χ3n) is 5.04. The van der Waals surface area contributed by atoms with Crippen LogP contribution in [0.2, 0.25) is 0 Å². The zero-order chi connectivity index (χ0) is 17.8. The van der Waals surface area contributed by atoms with Crippen LogP contribution in [0, 0.1) is 13.8 Å². The number of aryl methyl sites for hydroxylation is 2. The fourth-order valence-corrected chi connectivity index (χ4v) is 3.65. The molecule has 5 rings (SSSR count). The van der Waals surface area contributed by atoms with Crippen LogP contribution >= 0.6 is 0 Å². The second-order valence-electron chi connectivity index (χ2n) is 6.71. The number of benzene rings is 3. The van der Waals surface area contributed by atoms with Crippen LogP contribution < -0.4 is 5.63 Å². The Hall–Kier alpha value is -3.33. The van der Waals surface area contributed by atoms with E-state index in [1.54, 1.807) is 12.3 Å². The first kappa shape index (κ1) is 15.0. The summed E-state index contributed by atoms with van der Waals surface area (Å²) in [4.78, 5) is 12.3. The number of rotatable bonds is 1. The largest absolute Gasteiger partial charge is 0.463 e. The minimum atomic E-state index is -0.319. The van der Waals surface area contributed by atoms with Gasteiger partial charge in [-0.15, -0.1) is 0 Å². The fraction of sp³-hybridized carbons (Fsp3) is 0.0870. The molecule has 5 aromatic rings. The second kappa shape index (κ2) is 5.33. The van der Waals surface area contributed by atoms with Gasteiger partial charge in [-0.05, 0) is 36.9 Å². The van der Waals surface area contributed by atoms with Crippen LogP contribution in [0.3, 0.4) is 0 Å². The fourth-order valence-electron chi connectivity index (χ4n) is 3.65. The van der Waals surface area contributed by atoms with Crippen LogP contribution in [0.4, 0.5) is 0 Å². The van der Waals surface area contributed by atoms with E-state index in [2.05, 4.69) is 37.3 Å². The lowest BCUT2D eigenvalue weighted by molar-refractivity contribution is 0.564. The molecule has 3 heteroatoms. The highest BCUT2D eigenvalue weighted by atomic mass is 16.4. The van der Waals surface area contributed by atoms with E-state index in [1.165, 1.54) is 5.56 Å². The number of fused-ring (bicyclic) bond motifs is 4. The van der Waals surface area contributed by atoms with Crippen molar-refractivity contribution in [3.63, 3.8) is 0 Å². The summed E-state index contributed by atoms with van der Waals surface area (Å²) >= 11 is 0. The molecule has 0 fully saturated rings. The van der Waals surface area contributed by atoms with Crippen molar-refractivity contribution >= 4 is 32.7 Å². The van der Waals surface area contributed by atoms with Crippen molar-refractivity contribution < 1.29 is 8.83 Å². The Morgan fingerprint density at radius 2 is 1.50 bits per heavy atom. The van der Waals surface area contributed by atoms with Gasteiger partial charge in [0.1, 0.15) is 11.2 Å². The lowest BCUT2D eigenvalue weighted by Crippen LogP contribution is -2.00. The molecule has 126 valence electrons. The van der Waals surface area contributed by atoms with Gasteiger partial charge < -0.3 is 8.83 Å². The van der Waals surface area contributed by atoms with Crippen molar-refractivity contribution in [3.8, 4) is 11.1 Å². The normalized spacial score (nSPS) is 11.6. The molecular weight excluding hydrogens is 324 g/mol. The second-order valence-corrected chi connectivity index (χ2v) is 6.71. The molecule has 0 atom stereocenters. The summed E-state index contributed by atoms with van der Waals surface area (Å²) in [5.41, 5.74) is 5.24. The molecule has 3 nitrogen and oxygen atoms in total. The SMILES string of the molecule is Cc1ccc(-c2coc3c(C)c4oc(=O)c5ccccc5c4cc23)cc1. The summed E-state index contributed by atoms with van der Waals surface area (Å²) in [6.45, 7) is 4.01. The van der Waals surface area contributed by atoms with Gasteiger partial charge in [-0.2, -0.15) is 0 Å². The zero-order valence-electron chi connectivity index (χ0n) is 14.5.